The lowest BCUT2D eigenvalue weighted by Crippen LogP contribution is -2.49. The predicted molar refractivity (Wildman–Crippen MR) is 125 cm³/mol. The SMILES string of the molecule is O=C(Cc1c[nH]c2ccccc12)N1CCN(c2cc(N3CCCC(CO)C3)ncn2)CC1. The number of H-pyrrole nitrogens is 1. The third-order valence-electron chi connectivity index (χ3n) is 6.71. The Morgan fingerprint density at radius 3 is 2.66 bits per heavy atom. The van der Waals surface area contributed by atoms with E-state index in [0.29, 0.717) is 25.4 Å². The molecule has 2 aliphatic rings. The van der Waals surface area contributed by atoms with Gasteiger partial charge >= 0.3 is 0 Å². The number of para-hydroxylation sites is 1. The van der Waals surface area contributed by atoms with Gasteiger partial charge in [-0.25, -0.2) is 9.97 Å². The number of fused-ring (bicyclic) bond motifs is 1. The molecule has 2 aromatic heterocycles. The first kappa shape index (κ1) is 20.8. The van der Waals surface area contributed by atoms with Crippen LogP contribution in [0.4, 0.5) is 11.6 Å². The maximum atomic E-state index is 12.9. The molecule has 32 heavy (non-hydrogen) atoms. The number of carbonyl (C=O) groups is 1. The van der Waals surface area contributed by atoms with Crippen molar-refractivity contribution in [3.05, 3.63) is 48.4 Å². The number of hydrogen-bond acceptors (Lipinski definition) is 6. The van der Waals surface area contributed by atoms with Crippen LogP contribution in [0.25, 0.3) is 10.9 Å². The molecule has 8 heteroatoms. The van der Waals surface area contributed by atoms with Crippen LogP contribution >= 0.6 is 0 Å². The lowest BCUT2D eigenvalue weighted by Gasteiger charge is -2.36. The number of rotatable bonds is 5. The van der Waals surface area contributed by atoms with Gasteiger partial charge in [0.25, 0.3) is 0 Å². The molecule has 3 aromatic rings. The van der Waals surface area contributed by atoms with Crippen molar-refractivity contribution in [1.82, 2.24) is 19.9 Å². The van der Waals surface area contributed by atoms with E-state index in [2.05, 4.69) is 30.8 Å². The first-order valence-corrected chi connectivity index (χ1v) is 11.5. The number of piperidine rings is 1. The van der Waals surface area contributed by atoms with Crippen molar-refractivity contribution in [1.29, 1.82) is 0 Å². The Morgan fingerprint density at radius 1 is 1.06 bits per heavy atom. The number of benzene rings is 1. The molecular weight excluding hydrogens is 404 g/mol. The van der Waals surface area contributed by atoms with E-state index in [-0.39, 0.29) is 12.5 Å². The van der Waals surface area contributed by atoms with E-state index >= 15 is 0 Å². The van der Waals surface area contributed by atoms with Gasteiger partial charge in [-0.2, -0.15) is 0 Å². The summed E-state index contributed by atoms with van der Waals surface area (Å²) in [6, 6.07) is 10.1. The van der Waals surface area contributed by atoms with E-state index in [1.54, 1.807) is 6.33 Å². The third-order valence-corrected chi connectivity index (χ3v) is 6.71. The topological polar surface area (TPSA) is 88.6 Å². The molecule has 2 N–H and O–H groups in total. The minimum atomic E-state index is 0.168. The summed E-state index contributed by atoms with van der Waals surface area (Å²) in [6.07, 6.45) is 6.13. The van der Waals surface area contributed by atoms with Crippen LogP contribution in [0.1, 0.15) is 18.4 Å². The van der Waals surface area contributed by atoms with Gasteiger partial charge in [0.15, 0.2) is 0 Å². The monoisotopic (exact) mass is 434 g/mol. The molecule has 5 rings (SSSR count). The maximum Gasteiger partial charge on any atom is 0.227 e. The number of anilines is 2. The molecule has 1 atom stereocenters. The number of nitrogens with one attached hydrogen (secondary N) is 1. The molecule has 2 aliphatic heterocycles. The highest BCUT2D eigenvalue weighted by atomic mass is 16.3. The number of nitrogens with zero attached hydrogens (tertiary/aromatic N) is 5. The molecule has 1 unspecified atom stereocenters. The third kappa shape index (κ3) is 4.27. The Hall–Kier alpha value is -3.13. The van der Waals surface area contributed by atoms with Crippen molar-refractivity contribution >= 4 is 28.4 Å². The lowest BCUT2D eigenvalue weighted by atomic mass is 9.99. The van der Waals surface area contributed by atoms with Crippen LogP contribution in [0.15, 0.2) is 42.9 Å². The maximum absolute atomic E-state index is 12.9. The van der Waals surface area contributed by atoms with Crippen molar-refractivity contribution in [3.8, 4) is 0 Å². The van der Waals surface area contributed by atoms with E-state index in [1.807, 2.05) is 35.4 Å². The molecule has 2 fully saturated rings. The second kappa shape index (κ2) is 9.16. The van der Waals surface area contributed by atoms with Crippen LogP contribution in [0.2, 0.25) is 0 Å². The van der Waals surface area contributed by atoms with Crippen LogP contribution in [-0.4, -0.2) is 76.7 Å². The molecule has 168 valence electrons. The largest absolute Gasteiger partial charge is 0.396 e. The van der Waals surface area contributed by atoms with E-state index in [4.69, 9.17) is 0 Å². The van der Waals surface area contributed by atoms with Crippen LogP contribution in [0, 0.1) is 5.92 Å². The Labute approximate surface area is 187 Å². The highest BCUT2D eigenvalue weighted by Crippen LogP contribution is 2.25. The van der Waals surface area contributed by atoms with Gasteiger partial charge in [-0.15, -0.1) is 0 Å². The number of aromatic amines is 1. The average molecular weight is 435 g/mol. The fourth-order valence-electron chi connectivity index (χ4n) is 4.84. The Balaban J connectivity index is 1.20. The predicted octanol–water partition coefficient (Wildman–Crippen LogP) is 2.06. The Bertz CT molecular complexity index is 1080. The quantitative estimate of drug-likeness (QED) is 0.639. The van der Waals surface area contributed by atoms with Crippen LogP contribution in [0.5, 0.6) is 0 Å². The summed E-state index contributed by atoms with van der Waals surface area (Å²) < 4.78 is 0. The van der Waals surface area contributed by atoms with Crippen LogP contribution in [0.3, 0.4) is 0 Å². The highest BCUT2D eigenvalue weighted by Gasteiger charge is 2.25. The molecule has 8 nitrogen and oxygen atoms in total. The van der Waals surface area contributed by atoms with E-state index in [1.165, 1.54) is 0 Å². The average Bonchev–Trinajstić information content (AvgIpc) is 3.27. The van der Waals surface area contributed by atoms with Gasteiger partial charge < -0.3 is 24.8 Å². The second-order valence-corrected chi connectivity index (χ2v) is 8.78. The van der Waals surface area contributed by atoms with Gasteiger partial charge in [-0.3, -0.25) is 4.79 Å². The van der Waals surface area contributed by atoms with E-state index in [9.17, 15) is 9.90 Å². The summed E-state index contributed by atoms with van der Waals surface area (Å²) in [5.41, 5.74) is 2.12. The summed E-state index contributed by atoms with van der Waals surface area (Å²) in [7, 11) is 0. The summed E-state index contributed by atoms with van der Waals surface area (Å²) >= 11 is 0. The number of amides is 1. The number of aromatic nitrogens is 3. The minimum Gasteiger partial charge on any atom is -0.396 e. The fraction of sp³-hybridized carbons (Fsp3) is 0.458. The van der Waals surface area contributed by atoms with Gasteiger partial charge in [0.05, 0.1) is 6.42 Å². The molecule has 0 spiro atoms. The zero-order valence-corrected chi connectivity index (χ0v) is 18.3. The zero-order chi connectivity index (χ0) is 21.9. The normalized spacial score (nSPS) is 19.5. The number of aliphatic hydroxyl groups is 1. The molecule has 0 saturated carbocycles. The molecule has 1 amide bonds. The van der Waals surface area contributed by atoms with Crippen molar-refractivity contribution < 1.29 is 9.90 Å². The smallest absolute Gasteiger partial charge is 0.227 e. The first-order valence-electron chi connectivity index (χ1n) is 11.5. The minimum absolute atomic E-state index is 0.168. The number of aliphatic hydroxyl groups excluding tert-OH is 1. The summed E-state index contributed by atoms with van der Waals surface area (Å²) in [6.45, 7) is 4.92. The molecule has 0 radical (unpaired) electrons. The van der Waals surface area contributed by atoms with Crippen LogP contribution in [-0.2, 0) is 11.2 Å². The molecule has 0 aliphatic carbocycles. The Kier molecular flexibility index (Phi) is 5.94. The molecule has 4 heterocycles. The number of piperazine rings is 1. The zero-order valence-electron chi connectivity index (χ0n) is 18.3. The standard InChI is InChI=1S/C24H30N6O2/c31-16-18-4-3-7-30(15-18)23-13-22(26-17-27-23)28-8-10-29(11-9-28)24(32)12-19-14-25-21-6-2-1-5-20(19)21/h1-2,5-6,13-14,17-18,25,31H,3-4,7-12,15-16H2. The van der Waals surface area contributed by atoms with Gasteiger partial charge in [-0.1, -0.05) is 18.2 Å². The first-order chi connectivity index (χ1) is 15.7. The molecule has 1 aromatic carbocycles. The summed E-state index contributed by atoms with van der Waals surface area (Å²) in [4.78, 5) is 31.6. The van der Waals surface area contributed by atoms with E-state index < -0.39 is 0 Å². The van der Waals surface area contributed by atoms with Gasteiger partial charge in [-0.05, 0) is 30.4 Å². The van der Waals surface area contributed by atoms with Gasteiger partial charge in [0.2, 0.25) is 5.91 Å². The van der Waals surface area contributed by atoms with Gasteiger partial charge in [0, 0.05) is 69.0 Å². The Morgan fingerprint density at radius 2 is 1.84 bits per heavy atom. The lowest BCUT2D eigenvalue weighted by molar-refractivity contribution is -0.130. The summed E-state index contributed by atoms with van der Waals surface area (Å²) in [5.74, 6) is 2.31. The van der Waals surface area contributed by atoms with Crippen molar-refractivity contribution in [2.45, 2.75) is 19.3 Å². The number of hydrogen-bond donors (Lipinski definition) is 2. The van der Waals surface area contributed by atoms with E-state index in [0.717, 1.165) is 67.1 Å². The van der Waals surface area contributed by atoms with Crippen LogP contribution < -0.4 is 9.80 Å². The molecule has 2 saturated heterocycles. The highest BCUT2D eigenvalue weighted by molar-refractivity contribution is 5.89. The second-order valence-electron chi connectivity index (χ2n) is 8.78. The summed E-state index contributed by atoms with van der Waals surface area (Å²) in [5, 5.41) is 10.6. The van der Waals surface area contributed by atoms with Crippen molar-refractivity contribution in [3.63, 3.8) is 0 Å². The van der Waals surface area contributed by atoms with Crippen molar-refractivity contribution in [2.24, 2.45) is 5.92 Å². The van der Waals surface area contributed by atoms with Gasteiger partial charge in [0.1, 0.15) is 18.0 Å². The van der Waals surface area contributed by atoms with Crippen molar-refractivity contribution in [2.75, 3.05) is 55.7 Å². The number of carbonyl (C=O) groups excluding carboxylic acids is 1. The fourth-order valence-corrected chi connectivity index (χ4v) is 4.84. The molecular formula is C24H30N6O2. The molecule has 0 bridgehead atoms.